The maximum atomic E-state index is 13.4. The molecule has 0 aromatic heterocycles. The van der Waals surface area contributed by atoms with Crippen molar-refractivity contribution in [3.63, 3.8) is 0 Å². The second-order valence-electron chi connectivity index (χ2n) is 8.46. The summed E-state index contributed by atoms with van der Waals surface area (Å²) in [6, 6.07) is 20.9. The summed E-state index contributed by atoms with van der Waals surface area (Å²) in [4.78, 5) is 13.6. The van der Waals surface area contributed by atoms with Crippen molar-refractivity contribution < 1.29 is 17.9 Å². The number of benzene rings is 3. The number of sulfonamides is 1. The fourth-order valence-corrected chi connectivity index (χ4v) is 6.09. The average molecular weight is 607 g/mol. The molecular weight excluding hydrogens is 582 g/mol. The first-order chi connectivity index (χ1) is 16.2. The molecule has 0 N–H and O–H groups in total. The first kappa shape index (κ1) is 24.9. The largest absolute Gasteiger partial charge is 0.426 e. The Morgan fingerprint density at radius 1 is 0.824 bits per heavy atom. The van der Waals surface area contributed by atoms with E-state index in [1.807, 2.05) is 24.3 Å². The maximum Gasteiger partial charge on any atom is 0.321 e. The van der Waals surface area contributed by atoms with Gasteiger partial charge in [-0.2, -0.15) is 0 Å². The Balaban J connectivity index is 1.54. The zero-order valence-corrected chi connectivity index (χ0v) is 22.7. The Hall–Kier alpha value is -2.16. The third-order valence-corrected chi connectivity index (χ3v) is 9.23. The molecule has 0 radical (unpaired) electrons. The number of ether oxygens (including phenoxy) is 1. The summed E-state index contributed by atoms with van der Waals surface area (Å²) < 4.78 is 34.7. The summed E-state index contributed by atoms with van der Waals surface area (Å²) in [6.07, 6.45) is 4.56. The monoisotopic (exact) mass is 605 g/mol. The minimum atomic E-state index is -3.71. The van der Waals surface area contributed by atoms with Crippen molar-refractivity contribution in [2.75, 3.05) is 11.4 Å². The molecule has 3 aromatic carbocycles. The third-order valence-electron chi connectivity index (χ3n) is 6.38. The summed E-state index contributed by atoms with van der Waals surface area (Å²) in [5.41, 5.74) is 0.777. The van der Waals surface area contributed by atoms with Gasteiger partial charge in [0, 0.05) is 16.0 Å². The highest BCUT2D eigenvalue weighted by Crippen LogP contribution is 2.41. The number of nitrogens with zero attached hydrogens (tertiary/aromatic N) is 1. The van der Waals surface area contributed by atoms with Crippen LogP contribution in [0.4, 0.5) is 5.69 Å². The Kier molecular flexibility index (Phi) is 7.50. The van der Waals surface area contributed by atoms with Crippen LogP contribution < -0.4 is 9.04 Å². The second-order valence-corrected chi connectivity index (χ2v) is 12.3. The van der Waals surface area contributed by atoms with Crippen molar-refractivity contribution in [3.8, 4) is 5.75 Å². The van der Waals surface area contributed by atoms with Gasteiger partial charge in [0.25, 0.3) is 10.0 Å². The van der Waals surface area contributed by atoms with Gasteiger partial charge in [-0.3, -0.25) is 9.10 Å². The molecule has 5 nitrogen and oxygen atoms in total. The highest BCUT2D eigenvalue weighted by atomic mass is 79.9. The van der Waals surface area contributed by atoms with Gasteiger partial charge in [-0.05, 0) is 79.1 Å². The molecule has 0 spiro atoms. The first-order valence-corrected chi connectivity index (χ1v) is 14.1. The van der Waals surface area contributed by atoms with E-state index in [2.05, 4.69) is 31.9 Å². The Bertz CT molecular complexity index is 1250. The fourth-order valence-electron chi connectivity index (χ4n) is 4.37. The molecule has 1 aliphatic carbocycles. The molecule has 4 rings (SSSR count). The molecule has 1 aliphatic rings. The van der Waals surface area contributed by atoms with Gasteiger partial charge in [0.2, 0.25) is 0 Å². The predicted molar refractivity (Wildman–Crippen MR) is 141 cm³/mol. The highest BCUT2D eigenvalue weighted by Gasteiger charge is 2.43. The van der Waals surface area contributed by atoms with E-state index in [0.717, 1.165) is 46.6 Å². The first-order valence-electron chi connectivity index (χ1n) is 11.1. The average Bonchev–Trinajstić information content (AvgIpc) is 2.85. The highest BCUT2D eigenvalue weighted by molar-refractivity contribution is 9.10. The van der Waals surface area contributed by atoms with Crippen LogP contribution in [0.25, 0.3) is 0 Å². The normalized spacial score (nSPS) is 15.5. The molecule has 34 heavy (non-hydrogen) atoms. The Morgan fingerprint density at radius 2 is 1.35 bits per heavy atom. The molecule has 0 saturated heterocycles. The van der Waals surface area contributed by atoms with Gasteiger partial charge in [0.05, 0.1) is 16.0 Å². The van der Waals surface area contributed by atoms with Gasteiger partial charge >= 0.3 is 5.97 Å². The van der Waals surface area contributed by atoms with Crippen molar-refractivity contribution in [3.05, 3.63) is 87.3 Å². The van der Waals surface area contributed by atoms with Crippen molar-refractivity contribution in [2.45, 2.75) is 42.4 Å². The Morgan fingerprint density at radius 3 is 1.91 bits per heavy atom. The van der Waals surface area contributed by atoms with Crippen molar-refractivity contribution in [2.24, 2.45) is 0 Å². The van der Waals surface area contributed by atoms with E-state index in [9.17, 15) is 13.2 Å². The van der Waals surface area contributed by atoms with E-state index < -0.39 is 15.4 Å². The van der Waals surface area contributed by atoms with Crippen LogP contribution in [0.15, 0.2) is 86.6 Å². The zero-order valence-electron chi connectivity index (χ0n) is 18.7. The third kappa shape index (κ3) is 5.09. The SMILES string of the molecule is CN(c1ccc(OC(=O)C2(c3ccc(Br)cc3)CCCCC2)cc1)S(=O)(=O)c1ccc(Br)cc1. The van der Waals surface area contributed by atoms with Crippen LogP contribution in [-0.2, 0) is 20.2 Å². The van der Waals surface area contributed by atoms with Crippen LogP contribution in [0.2, 0.25) is 0 Å². The van der Waals surface area contributed by atoms with E-state index in [1.54, 1.807) is 48.5 Å². The predicted octanol–water partition coefficient (Wildman–Crippen LogP) is 6.84. The number of hydrogen-bond donors (Lipinski definition) is 0. The van der Waals surface area contributed by atoms with Gasteiger partial charge in [-0.15, -0.1) is 0 Å². The quantitative estimate of drug-likeness (QED) is 0.227. The smallest absolute Gasteiger partial charge is 0.321 e. The summed E-state index contributed by atoms with van der Waals surface area (Å²) in [7, 11) is -2.21. The number of carbonyl (C=O) groups is 1. The van der Waals surface area contributed by atoms with Crippen LogP contribution in [0.1, 0.15) is 37.7 Å². The fraction of sp³-hybridized carbons (Fsp3) is 0.269. The summed E-state index contributed by atoms with van der Waals surface area (Å²) in [6.45, 7) is 0. The molecule has 8 heteroatoms. The van der Waals surface area contributed by atoms with Gasteiger partial charge < -0.3 is 4.74 Å². The zero-order chi connectivity index (χ0) is 24.3. The lowest BCUT2D eigenvalue weighted by Crippen LogP contribution is -2.41. The molecule has 3 aromatic rings. The van der Waals surface area contributed by atoms with E-state index >= 15 is 0 Å². The minimum absolute atomic E-state index is 0.197. The number of halogens is 2. The summed E-state index contributed by atoms with van der Waals surface area (Å²) in [5, 5.41) is 0. The minimum Gasteiger partial charge on any atom is -0.426 e. The van der Waals surface area contributed by atoms with Crippen LogP contribution in [0.3, 0.4) is 0 Å². The number of hydrogen-bond acceptors (Lipinski definition) is 4. The maximum absolute atomic E-state index is 13.4. The van der Waals surface area contributed by atoms with Gasteiger partial charge in [0.15, 0.2) is 0 Å². The van der Waals surface area contributed by atoms with Crippen molar-refractivity contribution >= 4 is 53.5 Å². The van der Waals surface area contributed by atoms with Crippen molar-refractivity contribution in [1.29, 1.82) is 0 Å². The van der Waals surface area contributed by atoms with Gasteiger partial charge in [-0.1, -0.05) is 63.3 Å². The second kappa shape index (κ2) is 10.2. The lowest BCUT2D eigenvalue weighted by Gasteiger charge is -2.35. The topological polar surface area (TPSA) is 63.7 Å². The molecule has 0 heterocycles. The van der Waals surface area contributed by atoms with Gasteiger partial charge in [-0.25, -0.2) is 8.42 Å². The Labute approximate surface area is 217 Å². The number of anilines is 1. The van der Waals surface area contributed by atoms with E-state index in [1.165, 1.54) is 11.4 Å². The van der Waals surface area contributed by atoms with Crippen LogP contribution in [0, 0.1) is 0 Å². The molecular formula is C26H25Br2NO4S. The molecule has 0 atom stereocenters. The molecule has 0 bridgehead atoms. The lowest BCUT2D eigenvalue weighted by molar-refractivity contribution is -0.142. The standard InChI is InChI=1S/C26H25Br2NO4S/c1-29(34(31,32)24-15-9-21(28)10-16-24)22-11-13-23(14-12-22)33-25(30)26(17-3-2-4-18-26)19-5-7-20(27)8-6-19/h5-16H,2-4,17-18H2,1H3. The van der Waals surface area contributed by atoms with Crippen LogP contribution >= 0.6 is 31.9 Å². The molecule has 1 fully saturated rings. The van der Waals surface area contributed by atoms with Crippen LogP contribution in [-0.4, -0.2) is 21.4 Å². The number of esters is 1. The molecule has 0 aliphatic heterocycles. The number of carbonyl (C=O) groups excluding carboxylic acids is 1. The van der Waals surface area contributed by atoms with Gasteiger partial charge in [0.1, 0.15) is 5.75 Å². The van der Waals surface area contributed by atoms with E-state index in [-0.39, 0.29) is 10.9 Å². The van der Waals surface area contributed by atoms with E-state index in [4.69, 9.17) is 4.74 Å². The lowest BCUT2D eigenvalue weighted by atomic mass is 9.69. The molecule has 178 valence electrons. The summed E-state index contributed by atoms with van der Waals surface area (Å²) >= 11 is 6.78. The number of rotatable bonds is 6. The van der Waals surface area contributed by atoms with Crippen LogP contribution in [0.5, 0.6) is 5.75 Å². The van der Waals surface area contributed by atoms with E-state index in [0.29, 0.717) is 11.4 Å². The van der Waals surface area contributed by atoms with Crippen molar-refractivity contribution in [1.82, 2.24) is 0 Å². The molecule has 0 amide bonds. The molecule has 0 unspecified atom stereocenters. The molecule has 1 saturated carbocycles. The summed E-state index contributed by atoms with van der Waals surface area (Å²) in [5.74, 6) is 0.128.